The molecule has 1 unspecified atom stereocenters. The molecular weight excluding hydrogens is 837 g/mol. The number of hydrogen-bond donors (Lipinski definition) is 5. The van der Waals surface area contributed by atoms with Gasteiger partial charge in [-0.3, -0.25) is 4.79 Å². The molecule has 0 bridgehead atoms. The van der Waals surface area contributed by atoms with E-state index in [0.29, 0.717) is 63.2 Å². The molecule has 16 nitrogen and oxygen atoms in total. The molecule has 6 N–H and O–H groups in total. The average molecular weight is 890 g/mol. The predicted octanol–water partition coefficient (Wildman–Crippen LogP) is 4.67. The van der Waals surface area contributed by atoms with E-state index in [1.165, 1.54) is 50.6 Å². The third kappa shape index (κ3) is 13.9. The number of benzene rings is 2. The monoisotopic (exact) mass is 889 g/mol. The number of dihydropyridines is 1. The number of anilines is 1. The van der Waals surface area contributed by atoms with Crippen LogP contribution in [0.5, 0.6) is 0 Å². The topological polar surface area (TPSA) is 241 Å². The first-order valence-electron chi connectivity index (χ1n) is 19.1. The van der Waals surface area contributed by atoms with E-state index in [-0.39, 0.29) is 37.1 Å². The third-order valence-corrected chi connectivity index (χ3v) is 10.6. The van der Waals surface area contributed by atoms with Gasteiger partial charge in [0.25, 0.3) is 0 Å². The summed E-state index contributed by atoms with van der Waals surface area (Å²) in [6.45, 7) is 8.12. The highest BCUT2D eigenvalue weighted by Crippen LogP contribution is 2.42. The fourth-order valence-corrected chi connectivity index (χ4v) is 6.79. The van der Waals surface area contributed by atoms with Crippen molar-refractivity contribution in [1.82, 2.24) is 15.3 Å². The summed E-state index contributed by atoms with van der Waals surface area (Å²) < 4.78 is 54.4. The first-order valence-corrected chi connectivity index (χ1v) is 21.3. The Morgan fingerprint density at radius 1 is 1.07 bits per heavy atom. The van der Waals surface area contributed by atoms with Crippen molar-refractivity contribution in [2.45, 2.75) is 64.6 Å². The van der Waals surface area contributed by atoms with Gasteiger partial charge in [-0.05, 0) is 55.7 Å². The number of allylic oxidation sites excluding steroid dienone is 1. The minimum atomic E-state index is -3.65. The van der Waals surface area contributed by atoms with Gasteiger partial charge >= 0.3 is 17.9 Å². The summed E-state index contributed by atoms with van der Waals surface area (Å²) in [6, 6.07) is 12.5. The summed E-state index contributed by atoms with van der Waals surface area (Å²) in [5, 5.41) is 32.3. The van der Waals surface area contributed by atoms with Crippen molar-refractivity contribution in [1.29, 1.82) is 0 Å². The summed E-state index contributed by atoms with van der Waals surface area (Å²) >= 11 is 6.42. The van der Waals surface area contributed by atoms with Crippen molar-refractivity contribution in [2.24, 2.45) is 5.73 Å². The molecule has 2 aromatic carbocycles. The molecule has 3 atom stereocenters. The van der Waals surface area contributed by atoms with E-state index < -0.39 is 58.3 Å². The first-order chi connectivity index (χ1) is 28.7. The van der Waals surface area contributed by atoms with Gasteiger partial charge in [-0.2, -0.15) is 0 Å². The molecule has 4 rings (SSSR count). The molecule has 2 heterocycles. The van der Waals surface area contributed by atoms with E-state index in [9.17, 15) is 37.4 Å². The molecule has 0 amide bonds. The lowest BCUT2D eigenvalue weighted by atomic mass is 9.80. The fourth-order valence-electron chi connectivity index (χ4n) is 6.16. The summed E-state index contributed by atoms with van der Waals surface area (Å²) in [6.07, 6.45) is 0.860. The second kappa shape index (κ2) is 23.1. The number of aliphatic hydroxyl groups excluding tert-OH is 2. The number of hydrogen-bond acceptors (Lipinski definition) is 14. The highest BCUT2D eigenvalue weighted by atomic mass is 35.5. The van der Waals surface area contributed by atoms with Gasteiger partial charge in [-0.1, -0.05) is 55.8 Å². The van der Waals surface area contributed by atoms with Crippen molar-refractivity contribution < 1.29 is 56.7 Å². The SMILES string of the molecule is CC(C)c1nc(N(C)S(C)(=O)=O)nc(-c2ccc(F)cc2)c1/C=C/[C@@H](O)C[C@@H](O)CC(=O)O.CCOC(=O)C1=C(COCCN)NC(C)=C(C(=O)OC)C1c1ccccc1Cl. The highest BCUT2D eigenvalue weighted by molar-refractivity contribution is 7.92. The number of aliphatic carboxylic acids is 1. The Balaban J connectivity index is 0.000000330. The number of methoxy groups -OCH3 is 1. The van der Waals surface area contributed by atoms with E-state index in [2.05, 4.69) is 15.3 Å². The maximum Gasteiger partial charge on any atom is 0.336 e. The molecule has 19 heteroatoms. The number of nitrogens with zero attached hydrogens (tertiary/aromatic N) is 3. The average Bonchev–Trinajstić information content (AvgIpc) is 3.19. The molecule has 1 aliphatic rings. The highest BCUT2D eigenvalue weighted by Gasteiger charge is 2.39. The van der Waals surface area contributed by atoms with Crippen LogP contribution in [0.3, 0.4) is 0 Å². The normalized spacial score (nSPS) is 15.2. The van der Waals surface area contributed by atoms with Gasteiger partial charge in [0.15, 0.2) is 0 Å². The number of carbonyl (C=O) groups excluding carboxylic acids is 2. The largest absolute Gasteiger partial charge is 0.481 e. The molecule has 332 valence electrons. The molecule has 0 spiro atoms. The molecule has 1 aromatic heterocycles. The zero-order valence-electron chi connectivity index (χ0n) is 35.0. The van der Waals surface area contributed by atoms with Crippen LogP contribution >= 0.6 is 11.6 Å². The smallest absolute Gasteiger partial charge is 0.336 e. The van der Waals surface area contributed by atoms with E-state index in [0.717, 1.165) is 10.6 Å². The zero-order valence-corrected chi connectivity index (χ0v) is 36.6. The lowest BCUT2D eigenvalue weighted by Crippen LogP contribution is -2.35. The van der Waals surface area contributed by atoms with Crippen molar-refractivity contribution in [3.05, 3.63) is 105 Å². The zero-order chi connectivity index (χ0) is 45.6. The van der Waals surface area contributed by atoms with E-state index in [4.69, 9.17) is 36.7 Å². The minimum Gasteiger partial charge on any atom is -0.481 e. The standard InChI is InChI=1S/C22H28FN3O6S.C20H25ClN2O5/c1-13(2)20-18(10-9-16(27)11-17(28)12-19(29)30)21(14-5-7-15(23)8-6-14)25-22(24-20)26(3)33(4,31)32;1-4-28-20(25)18-15(11-27-10-9-22)23-12(2)16(19(24)26-3)17(18)13-7-5-6-8-14(13)21/h5-10,13,16-17,27-28H,11-12H2,1-4H3,(H,29,30);5-8,17,23H,4,9-11,22H2,1-3H3/b10-9+;/t16-,17-;/m1./s1. The maximum absolute atomic E-state index is 13.5. The molecule has 1 aliphatic heterocycles. The summed E-state index contributed by atoms with van der Waals surface area (Å²) in [5.74, 6) is -3.73. The predicted molar refractivity (Wildman–Crippen MR) is 228 cm³/mol. The third-order valence-electron chi connectivity index (χ3n) is 9.09. The first kappa shape index (κ1) is 50.1. The van der Waals surface area contributed by atoms with Gasteiger partial charge in [-0.15, -0.1) is 0 Å². The Labute approximate surface area is 359 Å². The molecule has 0 aliphatic carbocycles. The van der Waals surface area contributed by atoms with Gasteiger partial charge in [0.1, 0.15) is 5.82 Å². The summed E-state index contributed by atoms with van der Waals surface area (Å²) in [5.41, 5.74) is 9.50. The van der Waals surface area contributed by atoms with Crippen LogP contribution < -0.4 is 15.4 Å². The summed E-state index contributed by atoms with van der Waals surface area (Å²) in [4.78, 5) is 45.0. The number of nitrogens with one attached hydrogen (secondary N) is 1. The number of aromatic nitrogens is 2. The number of ether oxygens (including phenoxy) is 3. The number of rotatable bonds is 18. The number of carboxylic acids is 1. The van der Waals surface area contributed by atoms with Crippen LogP contribution in [-0.2, 0) is 38.6 Å². The lowest BCUT2D eigenvalue weighted by Gasteiger charge is -2.31. The van der Waals surface area contributed by atoms with Crippen LogP contribution in [0.25, 0.3) is 17.3 Å². The van der Waals surface area contributed by atoms with Gasteiger partial charge < -0.3 is 40.6 Å². The van der Waals surface area contributed by atoms with Crippen LogP contribution in [0.15, 0.2) is 77.1 Å². The Hall–Kier alpha value is -5.24. The molecule has 3 aromatic rings. The maximum atomic E-state index is 13.5. The van der Waals surface area contributed by atoms with Gasteiger partial charge in [0.05, 0.1) is 86.0 Å². The molecular formula is C42H53ClFN5O11S. The number of nitrogens with two attached hydrogens (primary N) is 1. The number of aliphatic hydroxyl groups is 2. The Morgan fingerprint density at radius 3 is 2.28 bits per heavy atom. The summed E-state index contributed by atoms with van der Waals surface area (Å²) in [7, 11) is -1.03. The quantitative estimate of drug-likeness (QED) is 0.0862. The van der Waals surface area contributed by atoms with Gasteiger partial charge in [-0.25, -0.2) is 36.7 Å². The Kier molecular flexibility index (Phi) is 19.0. The van der Waals surface area contributed by atoms with Crippen molar-refractivity contribution >= 4 is 51.6 Å². The van der Waals surface area contributed by atoms with Gasteiger partial charge in [0, 0.05) is 41.9 Å². The van der Waals surface area contributed by atoms with E-state index in [1.54, 1.807) is 38.1 Å². The number of esters is 2. The Morgan fingerprint density at radius 2 is 1.72 bits per heavy atom. The van der Waals surface area contributed by atoms with Crippen molar-refractivity contribution in [2.75, 3.05) is 51.1 Å². The fraction of sp³-hybridized carbons (Fsp3) is 0.405. The molecule has 0 fully saturated rings. The van der Waals surface area contributed by atoms with E-state index >= 15 is 0 Å². The lowest BCUT2D eigenvalue weighted by molar-refractivity contribution is -0.140. The van der Waals surface area contributed by atoms with Crippen LogP contribution in [0.1, 0.15) is 69.2 Å². The Bertz CT molecular complexity index is 2230. The van der Waals surface area contributed by atoms with Crippen LogP contribution in [0.2, 0.25) is 5.02 Å². The van der Waals surface area contributed by atoms with Crippen molar-refractivity contribution in [3.8, 4) is 11.3 Å². The molecule has 0 radical (unpaired) electrons. The number of sulfonamides is 1. The minimum absolute atomic E-state index is 0.0601. The number of halogens is 2. The second-order valence-electron chi connectivity index (χ2n) is 14.0. The van der Waals surface area contributed by atoms with Crippen LogP contribution in [0.4, 0.5) is 10.3 Å². The van der Waals surface area contributed by atoms with E-state index in [1.807, 2.05) is 13.8 Å². The molecule has 0 saturated carbocycles. The van der Waals surface area contributed by atoms with Gasteiger partial charge in [0.2, 0.25) is 16.0 Å². The van der Waals surface area contributed by atoms with Crippen LogP contribution in [0, 0.1) is 5.82 Å². The number of carboxylic acid groups (broad SMARTS) is 1. The molecule has 61 heavy (non-hydrogen) atoms. The second-order valence-corrected chi connectivity index (χ2v) is 16.5. The molecule has 0 saturated heterocycles. The van der Waals surface area contributed by atoms with Crippen LogP contribution in [-0.4, -0.2) is 111 Å². The van der Waals surface area contributed by atoms with Crippen molar-refractivity contribution in [3.63, 3.8) is 0 Å². The number of carbonyl (C=O) groups is 3.